The maximum atomic E-state index is 12.2. The van der Waals surface area contributed by atoms with Gasteiger partial charge in [-0.25, -0.2) is 4.68 Å². The Balaban J connectivity index is 1.86. The second-order valence-corrected chi connectivity index (χ2v) is 4.68. The molecule has 1 aromatic heterocycles. The van der Waals surface area contributed by atoms with Gasteiger partial charge in [-0.1, -0.05) is 11.3 Å². The molecule has 8 nitrogen and oxygen atoms in total. The van der Waals surface area contributed by atoms with Crippen LogP contribution >= 0.6 is 0 Å². The summed E-state index contributed by atoms with van der Waals surface area (Å²) in [5, 5.41) is 21.2. The lowest BCUT2D eigenvalue weighted by atomic mass is 10.2. The van der Waals surface area contributed by atoms with Crippen molar-refractivity contribution in [1.29, 1.82) is 0 Å². The molecule has 0 saturated carbocycles. The first-order valence-electron chi connectivity index (χ1n) is 6.40. The van der Waals surface area contributed by atoms with E-state index in [9.17, 15) is 14.9 Å². The van der Waals surface area contributed by atoms with E-state index in [4.69, 9.17) is 0 Å². The normalized spacial score (nSPS) is 10.6. The minimum atomic E-state index is -0.513. The van der Waals surface area contributed by atoms with E-state index >= 15 is 0 Å². The number of amides is 1. The van der Waals surface area contributed by atoms with Gasteiger partial charge in [-0.05, 0) is 24.3 Å². The minimum Gasteiger partial charge on any atom is -0.322 e. The molecule has 0 fully saturated rings. The fourth-order valence-corrected chi connectivity index (χ4v) is 2.08. The number of nitrogens with zero attached hydrogens (tertiary/aromatic N) is 4. The van der Waals surface area contributed by atoms with Crippen molar-refractivity contribution >= 4 is 28.3 Å². The summed E-state index contributed by atoms with van der Waals surface area (Å²) in [6.45, 7) is 0. The standard InChI is InChI=1S/C14H11N5O3/c1-18-13-6-5-9(7-12(13)16-17-18)14(20)15-10-3-2-4-11(8-10)19(21)22/h2-8H,1H3,(H,15,20). The van der Waals surface area contributed by atoms with Crippen molar-refractivity contribution in [2.45, 2.75) is 0 Å². The quantitative estimate of drug-likeness (QED) is 0.589. The highest BCUT2D eigenvalue weighted by atomic mass is 16.6. The molecule has 0 bridgehead atoms. The number of nitro benzene ring substituents is 1. The van der Waals surface area contributed by atoms with Crippen LogP contribution in [0.1, 0.15) is 10.4 Å². The van der Waals surface area contributed by atoms with Crippen molar-refractivity contribution < 1.29 is 9.72 Å². The average Bonchev–Trinajstić information content (AvgIpc) is 2.88. The first-order chi connectivity index (χ1) is 10.5. The molecule has 0 unspecified atom stereocenters. The Labute approximate surface area is 124 Å². The van der Waals surface area contributed by atoms with E-state index in [1.807, 2.05) is 0 Å². The van der Waals surface area contributed by atoms with Gasteiger partial charge in [0.05, 0.1) is 10.4 Å². The highest BCUT2D eigenvalue weighted by molar-refractivity contribution is 6.06. The number of benzene rings is 2. The van der Waals surface area contributed by atoms with Crippen LogP contribution in [-0.2, 0) is 7.05 Å². The zero-order chi connectivity index (χ0) is 15.7. The first-order valence-corrected chi connectivity index (χ1v) is 6.40. The molecule has 8 heteroatoms. The molecule has 1 amide bonds. The number of non-ortho nitro benzene ring substituents is 1. The summed E-state index contributed by atoms with van der Waals surface area (Å²) in [5.74, 6) is -0.368. The van der Waals surface area contributed by atoms with Gasteiger partial charge in [0.1, 0.15) is 5.52 Å². The number of hydrogen-bond donors (Lipinski definition) is 1. The van der Waals surface area contributed by atoms with Gasteiger partial charge in [0, 0.05) is 30.4 Å². The zero-order valence-electron chi connectivity index (χ0n) is 11.6. The zero-order valence-corrected chi connectivity index (χ0v) is 11.6. The molecule has 0 aliphatic carbocycles. The number of carbonyl (C=O) groups excluding carboxylic acids is 1. The third kappa shape index (κ3) is 2.49. The van der Waals surface area contributed by atoms with Gasteiger partial charge < -0.3 is 5.32 Å². The maximum Gasteiger partial charge on any atom is 0.271 e. The molecular formula is C14H11N5O3. The Morgan fingerprint density at radius 2 is 2.09 bits per heavy atom. The Bertz CT molecular complexity index is 887. The van der Waals surface area contributed by atoms with E-state index in [0.29, 0.717) is 16.8 Å². The average molecular weight is 297 g/mol. The van der Waals surface area contributed by atoms with Crippen molar-refractivity contribution in [1.82, 2.24) is 15.0 Å². The van der Waals surface area contributed by atoms with Crippen molar-refractivity contribution in [3.63, 3.8) is 0 Å². The molecule has 22 heavy (non-hydrogen) atoms. The van der Waals surface area contributed by atoms with Gasteiger partial charge >= 0.3 is 0 Å². The number of carbonyl (C=O) groups is 1. The highest BCUT2D eigenvalue weighted by Crippen LogP contribution is 2.19. The molecule has 110 valence electrons. The SMILES string of the molecule is Cn1nnc2cc(C(=O)Nc3cccc([N+](=O)[O-])c3)ccc21. The Morgan fingerprint density at radius 3 is 2.86 bits per heavy atom. The van der Waals surface area contributed by atoms with Crippen LogP contribution in [0.15, 0.2) is 42.5 Å². The second kappa shape index (κ2) is 5.24. The predicted octanol–water partition coefficient (Wildman–Crippen LogP) is 2.13. The highest BCUT2D eigenvalue weighted by Gasteiger charge is 2.11. The summed E-state index contributed by atoms with van der Waals surface area (Å²) in [7, 11) is 1.76. The van der Waals surface area contributed by atoms with Crippen LogP contribution in [-0.4, -0.2) is 25.8 Å². The fraction of sp³-hybridized carbons (Fsp3) is 0.0714. The van der Waals surface area contributed by atoms with Gasteiger partial charge in [0.25, 0.3) is 11.6 Å². The van der Waals surface area contributed by atoms with E-state index in [-0.39, 0.29) is 11.6 Å². The predicted molar refractivity (Wildman–Crippen MR) is 79.6 cm³/mol. The van der Waals surface area contributed by atoms with Crippen LogP contribution in [0.2, 0.25) is 0 Å². The van der Waals surface area contributed by atoms with Gasteiger partial charge in [-0.3, -0.25) is 14.9 Å². The van der Waals surface area contributed by atoms with E-state index in [0.717, 1.165) is 5.52 Å². The fourth-order valence-electron chi connectivity index (χ4n) is 2.08. The minimum absolute atomic E-state index is 0.0813. The molecule has 0 atom stereocenters. The number of rotatable bonds is 3. The van der Waals surface area contributed by atoms with Crippen LogP contribution in [0.25, 0.3) is 11.0 Å². The van der Waals surface area contributed by atoms with Crippen LogP contribution < -0.4 is 5.32 Å². The van der Waals surface area contributed by atoms with Crippen molar-refractivity contribution in [2.75, 3.05) is 5.32 Å². The third-order valence-corrected chi connectivity index (χ3v) is 3.19. The van der Waals surface area contributed by atoms with Crippen molar-refractivity contribution in [3.05, 3.63) is 58.1 Å². The molecule has 0 aliphatic heterocycles. The number of hydrogen-bond acceptors (Lipinski definition) is 5. The van der Waals surface area contributed by atoms with Gasteiger partial charge in [0.15, 0.2) is 0 Å². The van der Waals surface area contributed by atoms with E-state index < -0.39 is 4.92 Å². The van der Waals surface area contributed by atoms with Crippen LogP contribution in [0.5, 0.6) is 0 Å². The second-order valence-electron chi connectivity index (χ2n) is 4.68. The largest absolute Gasteiger partial charge is 0.322 e. The Morgan fingerprint density at radius 1 is 1.27 bits per heavy atom. The summed E-state index contributed by atoms with van der Waals surface area (Å²) >= 11 is 0. The van der Waals surface area contributed by atoms with E-state index in [1.165, 1.54) is 18.2 Å². The van der Waals surface area contributed by atoms with E-state index in [1.54, 1.807) is 36.0 Å². The lowest BCUT2D eigenvalue weighted by Gasteiger charge is -2.05. The molecule has 0 spiro atoms. The summed E-state index contributed by atoms with van der Waals surface area (Å²) < 4.78 is 1.61. The molecule has 1 N–H and O–H groups in total. The first kappa shape index (κ1) is 13.7. The van der Waals surface area contributed by atoms with Gasteiger partial charge in [-0.2, -0.15) is 0 Å². The number of aryl methyl sites for hydroxylation is 1. The van der Waals surface area contributed by atoms with Crippen LogP contribution in [0.4, 0.5) is 11.4 Å². The number of nitrogens with one attached hydrogen (secondary N) is 1. The Hall–Kier alpha value is -3.29. The lowest BCUT2D eigenvalue weighted by Crippen LogP contribution is -2.11. The van der Waals surface area contributed by atoms with Crippen LogP contribution in [0, 0.1) is 10.1 Å². The molecule has 0 saturated heterocycles. The molecule has 3 aromatic rings. The molecule has 3 rings (SSSR count). The monoisotopic (exact) mass is 297 g/mol. The van der Waals surface area contributed by atoms with Gasteiger partial charge in [-0.15, -0.1) is 5.10 Å². The topological polar surface area (TPSA) is 103 Å². The summed E-state index contributed by atoms with van der Waals surface area (Å²) in [4.78, 5) is 22.4. The summed E-state index contributed by atoms with van der Waals surface area (Å²) in [5.41, 5.74) is 2.10. The molecule has 1 heterocycles. The number of anilines is 1. The summed E-state index contributed by atoms with van der Waals surface area (Å²) in [6.07, 6.45) is 0. The third-order valence-electron chi connectivity index (χ3n) is 3.19. The molecule has 0 aliphatic rings. The van der Waals surface area contributed by atoms with E-state index in [2.05, 4.69) is 15.6 Å². The maximum absolute atomic E-state index is 12.2. The van der Waals surface area contributed by atoms with Gasteiger partial charge in [0.2, 0.25) is 0 Å². The number of nitro groups is 1. The number of aromatic nitrogens is 3. The number of fused-ring (bicyclic) bond motifs is 1. The molecular weight excluding hydrogens is 286 g/mol. The van der Waals surface area contributed by atoms with Crippen LogP contribution in [0.3, 0.4) is 0 Å². The Kier molecular flexibility index (Phi) is 3.26. The lowest BCUT2D eigenvalue weighted by molar-refractivity contribution is -0.384. The molecule has 0 radical (unpaired) electrons. The summed E-state index contributed by atoms with van der Waals surface area (Å²) in [6, 6.07) is 10.8. The van der Waals surface area contributed by atoms with Crippen molar-refractivity contribution in [3.8, 4) is 0 Å². The molecule has 2 aromatic carbocycles. The van der Waals surface area contributed by atoms with Crippen molar-refractivity contribution in [2.24, 2.45) is 7.05 Å². The smallest absolute Gasteiger partial charge is 0.271 e.